The van der Waals surface area contributed by atoms with Crippen molar-refractivity contribution >= 4 is 45.8 Å². The maximum Gasteiger partial charge on any atom is 0.337 e. The summed E-state index contributed by atoms with van der Waals surface area (Å²) in [5.74, 6) is 0.000945. The summed E-state index contributed by atoms with van der Waals surface area (Å²) in [7, 11) is 0.456. The molecule has 0 fully saturated rings. The SMILES string of the molecule is COc1cc2sc(C(=O)CP(=O)(OC)OC)cc2c2cc(F)oc12. The topological polar surface area (TPSA) is 75.0 Å². The van der Waals surface area contributed by atoms with Crippen molar-refractivity contribution < 1.29 is 32.0 Å². The maximum atomic E-state index is 13.5. The number of Topliss-reactive ketones (excluding diaryl/α,β-unsaturated/α-hetero) is 1. The highest BCUT2D eigenvalue weighted by atomic mass is 32.1. The number of thiophene rings is 1. The minimum Gasteiger partial charge on any atom is -0.493 e. The van der Waals surface area contributed by atoms with E-state index in [0.29, 0.717) is 21.4 Å². The molecule has 0 aliphatic carbocycles. The van der Waals surface area contributed by atoms with E-state index in [9.17, 15) is 13.8 Å². The van der Waals surface area contributed by atoms with Gasteiger partial charge in [-0.2, -0.15) is 4.39 Å². The number of ether oxygens (including phenoxy) is 1. The van der Waals surface area contributed by atoms with Gasteiger partial charge < -0.3 is 18.2 Å². The molecule has 0 spiro atoms. The van der Waals surface area contributed by atoms with Crippen LogP contribution >= 0.6 is 18.9 Å². The van der Waals surface area contributed by atoms with Gasteiger partial charge in [-0.05, 0) is 6.07 Å². The van der Waals surface area contributed by atoms with E-state index >= 15 is 0 Å². The Bertz CT molecular complexity index is 967. The number of carbonyl (C=O) groups is 1. The first-order valence-corrected chi connectivity index (χ1v) is 9.38. The third kappa shape index (κ3) is 2.86. The molecule has 128 valence electrons. The molecular weight excluding hydrogens is 358 g/mol. The molecule has 0 amide bonds. The van der Waals surface area contributed by atoms with E-state index in [0.717, 1.165) is 4.70 Å². The second-order valence-electron chi connectivity index (χ2n) is 4.95. The average Bonchev–Trinajstić information content (AvgIpc) is 3.16. The molecule has 0 atom stereocenters. The standard InChI is InChI=1S/C15H14FO6PS/c1-19-11-6-12-8(9-5-14(16)22-15(9)11)4-13(24-12)10(17)7-23(18,20-2)21-3/h4-6H,7H2,1-3H3. The molecule has 0 radical (unpaired) electrons. The molecule has 0 aliphatic heterocycles. The second-order valence-corrected chi connectivity index (χ2v) is 8.30. The van der Waals surface area contributed by atoms with E-state index in [1.165, 1.54) is 38.7 Å². The third-order valence-electron chi connectivity index (χ3n) is 3.63. The quantitative estimate of drug-likeness (QED) is 0.470. The Labute approximate surface area is 140 Å². The van der Waals surface area contributed by atoms with Gasteiger partial charge in [0.2, 0.25) is 0 Å². The minimum atomic E-state index is -3.45. The van der Waals surface area contributed by atoms with Gasteiger partial charge in [0.15, 0.2) is 17.1 Å². The van der Waals surface area contributed by atoms with E-state index in [1.54, 1.807) is 12.1 Å². The van der Waals surface area contributed by atoms with Gasteiger partial charge in [-0.1, -0.05) is 0 Å². The molecular formula is C15H14FO6PS. The van der Waals surface area contributed by atoms with Crippen molar-refractivity contribution in [2.45, 2.75) is 0 Å². The van der Waals surface area contributed by atoms with E-state index < -0.39 is 13.6 Å². The molecule has 0 saturated carbocycles. The fourth-order valence-corrected chi connectivity index (χ4v) is 4.48. The molecule has 24 heavy (non-hydrogen) atoms. The predicted molar refractivity (Wildman–Crippen MR) is 88.9 cm³/mol. The molecule has 3 aromatic rings. The molecule has 1 aromatic carbocycles. The molecule has 2 aromatic heterocycles. The van der Waals surface area contributed by atoms with Crippen LogP contribution in [0, 0.1) is 6.01 Å². The van der Waals surface area contributed by atoms with Crippen LogP contribution < -0.4 is 4.74 Å². The minimum absolute atomic E-state index is 0.277. The van der Waals surface area contributed by atoms with Gasteiger partial charge in [-0.25, -0.2) is 0 Å². The summed E-state index contributed by atoms with van der Waals surface area (Å²) < 4.78 is 46.2. The van der Waals surface area contributed by atoms with Crippen molar-refractivity contribution in [2.24, 2.45) is 0 Å². The van der Waals surface area contributed by atoms with Crippen molar-refractivity contribution in [3.8, 4) is 5.75 Å². The number of ketones is 1. The van der Waals surface area contributed by atoms with Crippen molar-refractivity contribution in [2.75, 3.05) is 27.5 Å². The number of furan rings is 1. The molecule has 9 heteroatoms. The first kappa shape index (κ1) is 17.1. The van der Waals surface area contributed by atoms with Gasteiger partial charge in [0.05, 0.1) is 12.0 Å². The molecule has 3 rings (SSSR count). The van der Waals surface area contributed by atoms with Crippen LogP contribution in [0.4, 0.5) is 4.39 Å². The zero-order valence-electron chi connectivity index (χ0n) is 13.1. The van der Waals surface area contributed by atoms with Gasteiger partial charge >= 0.3 is 7.60 Å². The zero-order chi connectivity index (χ0) is 17.5. The van der Waals surface area contributed by atoms with Gasteiger partial charge in [0.1, 0.15) is 6.16 Å². The lowest BCUT2D eigenvalue weighted by Gasteiger charge is -2.11. The van der Waals surface area contributed by atoms with Gasteiger partial charge in [0.25, 0.3) is 6.01 Å². The number of rotatable bonds is 6. The van der Waals surface area contributed by atoms with Crippen LogP contribution in [0.3, 0.4) is 0 Å². The van der Waals surface area contributed by atoms with E-state index in [-0.39, 0.29) is 17.5 Å². The first-order chi connectivity index (χ1) is 11.4. The van der Waals surface area contributed by atoms with E-state index in [1.807, 2.05) is 0 Å². The molecule has 0 bridgehead atoms. The third-order valence-corrected chi connectivity index (χ3v) is 6.54. The zero-order valence-corrected chi connectivity index (χ0v) is 14.8. The molecule has 0 aliphatic rings. The van der Waals surface area contributed by atoms with Crippen molar-refractivity contribution in [3.63, 3.8) is 0 Å². The number of halogens is 1. The fourth-order valence-electron chi connectivity index (χ4n) is 2.40. The van der Waals surface area contributed by atoms with Crippen LogP contribution in [0.15, 0.2) is 22.6 Å². The Kier molecular flexibility index (Phi) is 4.48. The fraction of sp³-hybridized carbons (Fsp3) is 0.267. The summed E-state index contributed by atoms with van der Waals surface area (Å²) in [4.78, 5) is 12.8. The monoisotopic (exact) mass is 372 g/mol. The maximum absolute atomic E-state index is 13.5. The lowest BCUT2D eigenvalue weighted by Crippen LogP contribution is -2.06. The van der Waals surface area contributed by atoms with Crippen molar-refractivity contribution in [1.29, 1.82) is 0 Å². The summed E-state index contributed by atoms with van der Waals surface area (Å²) in [6.07, 6.45) is -0.368. The summed E-state index contributed by atoms with van der Waals surface area (Å²) in [5, 5.41) is 1.18. The van der Waals surface area contributed by atoms with Crippen LogP contribution in [0.5, 0.6) is 5.75 Å². The summed E-state index contributed by atoms with van der Waals surface area (Å²) in [6, 6.07) is 3.80. The Morgan fingerprint density at radius 1 is 1.21 bits per heavy atom. The van der Waals surface area contributed by atoms with Gasteiger partial charge in [-0.3, -0.25) is 9.36 Å². The molecule has 0 unspecified atom stereocenters. The van der Waals surface area contributed by atoms with Crippen LogP contribution in [0.2, 0.25) is 0 Å². The van der Waals surface area contributed by atoms with Crippen LogP contribution in [0.1, 0.15) is 9.67 Å². The highest BCUT2D eigenvalue weighted by molar-refractivity contribution is 7.55. The summed E-state index contributed by atoms with van der Waals surface area (Å²) in [5.41, 5.74) is 0.277. The number of hydrogen-bond donors (Lipinski definition) is 0. The number of methoxy groups -OCH3 is 1. The second kappa shape index (κ2) is 6.29. The molecule has 0 saturated heterocycles. The lowest BCUT2D eigenvalue weighted by atomic mass is 10.1. The summed E-state index contributed by atoms with van der Waals surface area (Å²) in [6.45, 7) is 0. The Balaban J connectivity index is 2.10. The van der Waals surface area contributed by atoms with Gasteiger partial charge in [0, 0.05) is 41.8 Å². The Hall–Kier alpha value is -1.73. The van der Waals surface area contributed by atoms with Gasteiger partial charge in [-0.15, -0.1) is 11.3 Å². The summed E-state index contributed by atoms with van der Waals surface area (Å²) >= 11 is 1.19. The highest BCUT2D eigenvalue weighted by Crippen LogP contribution is 2.47. The van der Waals surface area contributed by atoms with Crippen LogP contribution in [-0.2, 0) is 13.6 Å². The molecule has 6 nitrogen and oxygen atoms in total. The number of benzene rings is 1. The molecule has 2 heterocycles. The normalized spacial score (nSPS) is 12.2. The highest BCUT2D eigenvalue weighted by Gasteiger charge is 2.27. The van der Waals surface area contributed by atoms with Crippen molar-refractivity contribution in [1.82, 2.24) is 0 Å². The number of fused-ring (bicyclic) bond motifs is 3. The predicted octanol–water partition coefficient (Wildman–Crippen LogP) is 4.46. The largest absolute Gasteiger partial charge is 0.493 e. The Morgan fingerprint density at radius 2 is 1.92 bits per heavy atom. The molecule has 0 N–H and O–H groups in total. The lowest BCUT2D eigenvalue weighted by molar-refractivity contribution is 0.101. The average molecular weight is 372 g/mol. The smallest absolute Gasteiger partial charge is 0.337 e. The first-order valence-electron chi connectivity index (χ1n) is 6.84. The van der Waals surface area contributed by atoms with E-state index in [4.69, 9.17) is 18.2 Å². The number of carbonyl (C=O) groups excluding carboxylic acids is 1. The van der Waals surface area contributed by atoms with Crippen LogP contribution in [-0.4, -0.2) is 33.3 Å². The Morgan fingerprint density at radius 3 is 2.54 bits per heavy atom. The van der Waals surface area contributed by atoms with Crippen LogP contribution in [0.25, 0.3) is 21.1 Å². The van der Waals surface area contributed by atoms with E-state index in [2.05, 4.69) is 0 Å². The van der Waals surface area contributed by atoms with Crippen molar-refractivity contribution in [3.05, 3.63) is 29.1 Å². The number of hydrogen-bond acceptors (Lipinski definition) is 7.